The summed E-state index contributed by atoms with van der Waals surface area (Å²) in [6, 6.07) is 3.71. The van der Waals surface area contributed by atoms with E-state index in [-0.39, 0.29) is 0 Å². The van der Waals surface area contributed by atoms with Gasteiger partial charge < -0.3 is 10.1 Å². The number of hydrogen-bond donors (Lipinski definition) is 2. The minimum absolute atomic E-state index is 0.766. The maximum absolute atomic E-state index is 10.3. The molecule has 2 heterocycles. The molecule has 0 aliphatic heterocycles. The molecular weight excluding hydrogens is 180 g/mol. The molecule has 0 unspecified atom stereocenters. The van der Waals surface area contributed by atoms with E-state index in [1.54, 1.807) is 12.4 Å². The second kappa shape index (κ2) is 3.33. The highest BCUT2D eigenvalue weighted by molar-refractivity contribution is 5.86. The van der Waals surface area contributed by atoms with E-state index in [1.807, 2.05) is 12.1 Å². The predicted octanol–water partition coefficient (Wildman–Crippen LogP) is 1.66. The molecule has 4 heteroatoms. The number of pyridine rings is 1. The van der Waals surface area contributed by atoms with Gasteiger partial charge in [-0.15, -0.1) is 0 Å². The van der Waals surface area contributed by atoms with Crippen molar-refractivity contribution in [2.75, 3.05) is 0 Å². The minimum atomic E-state index is -0.961. The number of aliphatic carboxylic acids is 1. The lowest BCUT2D eigenvalue weighted by Gasteiger charge is -1.92. The summed E-state index contributed by atoms with van der Waals surface area (Å²) in [5.74, 6) is -0.961. The fourth-order valence-electron chi connectivity index (χ4n) is 1.21. The Bertz CT molecular complexity index is 500. The van der Waals surface area contributed by atoms with Crippen molar-refractivity contribution < 1.29 is 9.90 Å². The Morgan fingerprint density at radius 2 is 2.43 bits per heavy atom. The molecule has 2 N–H and O–H groups in total. The summed E-state index contributed by atoms with van der Waals surface area (Å²) in [6.45, 7) is 0. The lowest BCUT2D eigenvalue weighted by molar-refractivity contribution is -0.131. The van der Waals surface area contributed by atoms with Crippen LogP contribution in [0.4, 0.5) is 0 Å². The number of nitrogens with zero attached hydrogens (tertiary/aromatic N) is 1. The van der Waals surface area contributed by atoms with Crippen LogP contribution in [0.25, 0.3) is 17.1 Å². The highest BCUT2D eigenvalue weighted by Crippen LogP contribution is 2.11. The molecule has 2 aromatic rings. The van der Waals surface area contributed by atoms with Crippen LogP contribution >= 0.6 is 0 Å². The molecular formula is C10H8N2O2. The lowest BCUT2D eigenvalue weighted by atomic mass is 10.2. The molecule has 0 fully saturated rings. The number of carboxylic acid groups (broad SMARTS) is 1. The monoisotopic (exact) mass is 188 g/mol. The quantitative estimate of drug-likeness (QED) is 0.704. The SMILES string of the molecule is O=C(O)C=Cc1cnc2cc[nH]c2c1. The van der Waals surface area contributed by atoms with E-state index in [4.69, 9.17) is 5.11 Å². The molecule has 0 spiro atoms. The van der Waals surface area contributed by atoms with Crippen LogP contribution in [0.2, 0.25) is 0 Å². The lowest BCUT2D eigenvalue weighted by Crippen LogP contribution is -1.86. The van der Waals surface area contributed by atoms with Gasteiger partial charge in [0.1, 0.15) is 0 Å². The zero-order chi connectivity index (χ0) is 9.97. The maximum Gasteiger partial charge on any atom is 0.328 e. The molecule has 70 valence electrons. The van der Waals surface area contributed by atoms with Gasteiger partial charge in [0.25, 0.3) is 0 Å². The zero-order valence-corrected chi connectivity index (χ0v) is 7.27. The van der Waals surface area contributed by atoms with Gasteiger partial charge in [-0.3, -0.25) is 4.98 Å². The number of carbonyl (C=O) groups is 1. The highest BCUT2D eigenvalue weighted by Gasteiger charge is 1.96. The average molecular weight is 188 g/mol. The molecule has 0 aromatic carbocycles. The summed E-state index contributed by atoms with van der Waals surface area (Å²) < 4.78 is 0. The fraction of sp³-hybridized carbons (Fsp3) is 0. The summed E-state index contributed by atoms with van der Waals surface area (Å²) in [5, 5.41) is 8.43. The predicted molar refractivity (Wildman–Crippen MR) is 52.8 cm³/mol. The van der Waals surface area contributed by atoms with Gasteiger partial charge in [-0.25, -0.2) is 4.79 Å². The van der Waals surface area contributed by atoms with Gasteiger partial charge >= 0.3 is 5.97 Å². The first-order valence-corrected chi connectivity index (χ1v) is 4.10. The third kappa shape index (κ3) is 1.64. The fourth-order valence-corrected chi connectivity index (χ4v) is 1.21. The molecule has 0 atom stereocenters. The van der Waals surface area contributed by atoms with Crippen LogP contribution < -0.4 is 0 Å². The van der Waals surface area contributed by atoms with Crippen molar-refractivity contribution in [1.82, 2.24) is 9.97 Å². The van der Waals surface area contributed by atoms with Crippen molar-refractivity contribution >= 4 is 23.1 Å². The number of H-pyrrole nitrogens is 1. The number of rotatable bonds is 2. The first kappa shape index (κ1) is 8.50. The third-order valence-electron chi connectivity index (χ3n) is 1.84. The molecule has 2 aromatic heterocycles. The summed E-state index contributed by atoms with van der Waals surface area (Å²) in [5.41, 5.74) is 2.54. The van der Waals surface area contributed by atoms with Gasteiger partial charge in [-0.2, -0.15) is 0 Å². The first-order chi connectivity index (χ1) is 6.75. The average Bonchev–Trinajstić information content (AvgIpc) is 2.61. The Kier molecular flexibility index (Phi) is 2.02. The standard InChI is InChI=1S/C10H8N2O2/c13-10(14)2-1-7-5-9-8(12-6-7)3-4-11-9/h1-6,11H,(H,13,14). The number of hydrogen-bond acceptors (Lipinski definition) is 2. The normalized spacial score (nSPS) is 11.1. The smallest absolute Gasteiger partial charge is 0.328 e. The van der Waals surface area contributed by atoms with Crippen molar-refractivity contribution in [3.8, 4) is 0 Å². The zero-order valence-electron chi connectivity index (χ0n) is 7.27. The molecule has 0 saturated carbocycles. The number of aromatic amines is 1. The maximum atomic E-state index is 10.3. The van der Waals surface area contributed by atoms with Gasteiger partial charge in [0.15, 0.2) is 0 Å². The number of nitrogens with one attached hydrogen (secondary N) is 1. The Morgan fingerprint density at radius 1 is 1.57 bits per heavy atom. The second-order valence-corrected chi connectivity index (χ2v) is 2.85. The summed E-state index contributed by atoms with van der Waals surface area (Å²) in [7, 11) is 0. The van der Waals surface area contributed by atoms with E-state index in [2.05, 4.69) is 9.97 Å². The Hall–Kier alpha value is -2.10. The number of aromatic nitrogens is 2. The van der Waals surface area contributed by atoms with Gasteiger partial charge in [-0.1, -0.05) is 0 Å². The van der Waals surface area contributed by atoms with E-state index in [9.17, 15) is 4.79 Å². The van der Waals surface area contributed by atoms with Crippen LogP contribution in [0, 0.1) is 0 Å². The summed E-state index contributed by atoms with van der Waals surface area (Å²) in [4.78, 5) is 17.4. The van der Waals surface area contributed by atoms with Crippen LogP contribution in [0.3, 0.4) is 0 Å². The first-order valence-electron chi connectivity index (χ1n) is 4.10. The molecule has 0 radical (unpaired) electrons. The van der Waals surface area contributed by atoms with E-state index in [0.717, 1.165) is 22.7 Å². The van der Waals surface area contributed by atoms with Crippen molar-refractivity contribution in [3.05, 3.63) is 36.2 Å². The second-order valence-electron chi connectivity index (χ2n) is 2.85. The molecule has 14 heavy (non-hydrogen) atoms. The van der Waals surface area contributed by atoms with E-state index in [1.165, 1.54) is 6.08 Å². The van der Waals surface area contributed by atoms with Crippen molar-refractivity contribution in [2.24, 2.45) is 0 Å². The molecule has 0 aliphatic carbocycles. The Balaban J connectivity index is 2.39. The third-order valence-corrected chi connectivity index (χ3v) is 1.84. The molecule has 0 aliphatic rings. The van der Waals surface area contributed by atoms with E-state index >= 15 is 0 Å². The molecule has 0 saturated heterocycles. The van der Waals surface area contributed by atoms with Crippen LogP contribution in [-0.2, 0) is 4.79 Å². The van der Waals surface area contributed by atoms with Gasteiger partial charge in [0.05, 0.1) is 11.0 Å². The van der Waals surface area contributed by atoms with Gasteiger partial charge in [0.2, 0.25) is 0 Å². The Morgan fingerprint density at radius 3 is 3.21 bits per heavy atom. The minimum Gasteiger partial charge on any atom is -0.478 e. The van der Waals surface area contributed by atoms with E-state index in [0.29, 0.717) is 0 Å². The van der Waals surface area contributed by atoms with E-state index < -0.39 is 5.97 Å². The number of carboxylic acids is 1. The highest BCUT2D eigenvalue weighted by atomic mass is 16.4. The topological polar surface area (TPSA) is 66.0 Å². The van der Waals surface area contributed by atoms with Crippen LogP contribution in [0.5, 0.6) is 0 Å². The molecule has 4 nitrogen and oxygen atoms in total. The molecule has 0 amide bonds. The van der Waals surface area contributed by atoms with Crippen molar-refractivity contribution in [1.29, 1.82) is 0 Å². The molecule has 0 bridgehead atoms. The molecule has 2 rings (SSSR count). The number of fused-ring (bicyclic) bond motifs is 1. The summed E-state index contributed by atoms with van der Waals surface area (Å²) >= 11 is 0. The van der Waals surface area contributed by atoms with Crippen molar-refractivity contribution in [3.63, 3.8) is 0 Å². The largest absolute Gasteiger partial charge is 0.478 e. The van der Waals surface area contributed by atoms with Crippen LogP contribution in [-0.4, -0.2) is 21.0 Å². The van der Waals surface area contributed by atoms with Crippen LogP contribution in [0.1, 0.15) is 5.56 Å². The van der Waals surface area contributed by atoms with Crippen LogP contribution in [0.15, 0.2) is 30.6 Å². The summed E-state index contributed by atoms with van der Waals surface area (Å²) in [6.07, 6.45) is 6.03. The van der Waals surface area contributed by atoms with Crippen molar-refractivity contribution in [2.45, 2.75) is 0 Å². The Labute approximate surface area is 79.9 Å². The van der Waals surface area contributed by atoms with Gasteiger partial charge in [-0.05, 0) is 23.8 Å². The van der Waals surface area contributed by atoms with Gasteiger partial charge in [0, 0.05) is 18.5 Å².